The molecule has 0 atom stereocenters. The molecular formula is C25H27N3O2. The molecule has 30 heavy (non-hydrogen) atoms. The molecule has 1 N–H and O–H groups in total. The van der Waals surface area contributed by atoms with Crippen LogP contribution < -0.4 is 15.0 Å². The largest absolute Gasteiger partial charge is 0.491 e. The number of nitrogens with zero attached hydrogens (tertiary/aromatic N) is 2. The van der Waals surface area contributed by atoms with Crippen molar-refractivity contribution in [2.75, 3.05) is 10.2 Å². The van der Waals surface area contributed by atoms with E-state index >= 15 is 0 Å². The van der Waals surface area contributed by atoms with Gasteiger partial charge in [0.05, 0.1) is 6.10 Å². The molecule has 0 bridgehead atoms. The number of aryl methyl sites for hydroxylation is 1. The first-order valence-electron chi connectivity index (χ1n) is 9.97. The van der Waals surface area contributed by atoms with Crippen molar-refractivity contribution >= 4 is 23.5 Å². The summed E-state index contributed by atoms with van der Waals surface area (Å²) in [7, 11) is 0. The molecule has 0 saturated heterocycles. The van der Waals surface area contributed by atoms with Crippen molar-refractivity contribution in [3.63, 3.8) is 0 Å². The van der Waals surface area contributed by atoms with Gasteiger partial charge in [0.2, 0.25) is 0 Å². The van der Waals surface area contributed by atoms with Crippen molar-refractivity contribution < 1.29 is 9.53 Å². The summed E-state index contributed by atoms with van der Waals surface area (Å²) < 4.78 is 6.03. The lowest BCUT2D eigenvalue weighted by Crippen LogP contribution is -2.25. The Kier molecular flexibility index (Phi) is 6.86. The molecule has 0 radical (unpaired) electrons. The smallest absolute Gasteiger partial charge is 0.146 e. The Morgan fingerprint density at radius 3 is 2.27 bits per heavy atom. The van der Waals surface area contributed by atoms with Gasteiger partial charge in [-0.3, -0.25) is 9.69 Å². The maximum Gasteiger partial charge on any atom is 0.146 e. The molecule has 0 saturated carbocycles. The monoisotopic (exact) mass is 401 g/mol. The minimum Gasteiger partial charge on any atom is -0.491 e. The van der Waals surface area contributed by atoms with Crippen LogP contribution in [0.15, 0.2) is 78.6 Å². The lowest BCUT2D eigenvalue weighted by atomic mass is 10.2. The topological polar surface area (TPSA) is 54.5 Å². The third-order valence-electron chi connectivity index (χ3n) is 4.43. The molecule has 0 amide bonds. The first-order valence-corrected chi connectivity index (χ1v) is 9.97. The van der Waals surface area contributed by atoms with Crippen LogP contribution in [-0.4, -0.2) is 17.4 Å². The maximum atomic E-state index is 11.5. The maximum absolute atomic E-state index is 11.5. The summed E-state index contributed by atoms with van der Waals surface area (Å²) in [4.78, 5) is 18.3. The van der Waals surface area contributed by atoms with Gasteiger partial charge in [0.15, 0.2) is 0 Å². The molecule has 3 rings (SSSR count). The van der Waals surface area contributed by atoms with Gasteiger partial charge in [-0.05, 0) is 52.0 Å². The summed E-state index contributed by atoms with van der Waals surface area (Å²) in [5.41, 5.74) is 3.48. The van der Waals surface area contributed by atoms with Crippen molar-refractivity contribution in [2.24, 2.45) is 0 Å². The Morgan fingerprint density at radius 2 is 1.67 bits per heavy atom. The lowest BCUT2D eigenvalue weighted by Gasteiger charge is -2.29. The van der Waals surface area contributed by atoms with E-state index in [-0.39, 0.29) is 6.10 Å². The van der Waals surface area contributed by atoms with Gasteiger partial charge in [0.25, 0.3) is 0 Å². The molecule has 5 nitrogen and oxygen atoms in total. The van der Waals surface area contributed by atoms with E-state index in [4.69, 9.17) is 9.72 Å². The fourth-order valence-electron chi connectivity index (χ4n) is 3.14. The fraction of sp³-hybridized carbons (Fsp3) is 0.200. The third kappa shape index (κ3) is 5.06. The standard InChI is InChI=1S/C25H27N3O2/c1-18(2)30-23-17-19(3)26-25(20(23)4)28(22-13-9-6-10-14-22)24(15-16-29)27-21-11-7-5-8-12-21/h5-18,27H,1-4H3/b24-15-. The highest BCUT2D eigenvalue weighted by molar-refractivity contribution is 5.77. The van der Waals surface area contributed by atoms with Crippen LogP contribution in [0.5, 0.6) is 5.75 Å². The van der Waals surface area contributed by atoms with E-state index in [0.717, 1.165) is 34.7 Å². The summed E-state index contributed by atoms with van der Waals surface area (Å²) in [5.74, 6) is 2.08. The van der Waals surface area contributed by atoms with Gasteiger partial charge in [0, 0.05) is 34.8 Å². The highest BCUT2D eigenvalue weighted by atomic mass is 16.5. The average Bonchev–Trinajstić information content (AvgIpc) is 2.73. The van der Waals surface area contributed by atoms with Crippen molar-refractivity contribution in [2.45, 2.75) is 33.8 Å². The van der Waals surface area contributed by atoms with Crippen molar-refractivity contribution in [1.82, 2.24) is 4.98 Å². The van der Waals surface area contributed by atoms with Crippen LogP contribution in [-0.2, 0) is 4.79 Å². The molecule has 0 fully saturated rings. The zero-order valence-electron chi connectivity index (χ0n) is 17.8. The molecule has 0 aliphatic heterocycles. The van der Waals surface area contributed by atoms with Gasteiger partial charge in [-0.15, -0.1) is 0 Å². The SMILES string of the molecule is Cc1cc(OC(C)C)c(C)c(N(/C(=C\C=O)Nc2ccccc2)c2ccccc2)n1. The van der Waals surface area contributed by atoms with Crippen LogP contribution in [0.3, 0.4) is 0 Å². The number of aldehydes is 1. The quantitative estimate of drug-likeness (QED) is 0.383. The van der Waals surface area contributed by atoms with E-state index in [1.54, 1.807) is 0 Å². The number of nitrogens with one attached hydrogen (secondary N) is 1. The number of carbonyl (C=O) groups is 1. The second-order valence-electron chi connectivity index (χ2n) is 7.23. The van der Waals surface area contributed by atoms with Crippen LogP contribution in [0, 0.1) is 13.8 Å². The predicted octanol–water partition coefficient (Wildman–Crippen LogP) is 5.78. The number of para-hydroxylation sites is 2. The second kappa shape index (κ2) is 9.74. The molecule has 3 aromatic rings. The van der Waals surface area contributed by atoms with Crippen molar-refractivity contribution in [3.8, 4) is 5.75 Å². The molecule has 0 spiro atoms. The number of rotatable bonds is 8. The van der Waals surface area contributed by atoms with Gasteiger partial charge >= 0.3 is 0 Å². The first kappa shape index (κ1) is 21.1. The summed E-state index contributed by atoms with van der Waals surface area (Å²) >= 11 is 0. The fourth-order valence-corrected chi connectivity index (χ4v) is 3.14. The van der Waals surface area contributed by atoms with E-state index < -0.39 is 0 Å². The molecule has 0 aliphatic carbocycles. The van der Waals surface area contributed by atoms with Gasteiger partial charge in [-0.25, -0.2) is 4.98 Å². The number of ether oxygens (including phenoxy) is 1. The van der Waals surface area contributed by atoms with Crippen LogP contribution >= 0.6 is 0 Å². The lowest BCUT2D eigenvalue weighted by molar-refractivity contribution is -0.104. The second-order valence-corrected chi connectivity index (χ2v) is 7.23. The zero-order chi connectivity index (χ0) is 21.5. The van der Waals surface area contributed by atoms with Crippen molar-refractivity contribution in [3.05, 3.63) is 89.9 Å². The van der Waals surface area contributed by atoms with Gasteiger partial charge in [-0.1, -0.05) is 36.4 Å². The predicted molar refractivity (Wildman–Crippen MR) is 122 cm³/mol. The van der Waals surface area contributed by atoms with E-state index in [1.165, 1.54) is 6.08 Å². The number of hydrogen-bond donors (Lipinski definition) is 1. The van der Waals surface area contributed by atoms with Crippen molar-refractivity contribution in [1.29, 1.82) is 0 Å². The number of aromatic nitrogens is 1. The van der Waals surface area contributed by atoms with Crippen LogP contribution in [0.2, 0.25) is 0 Å². The highest BCUT2D eigenvalue weighted by Crippen LogP contribution is 2.35. The number of benzene rings is 2. The Hall–Kier alpha value is -3.60. The summed E-state index contributed by atoms with van der Waals surface area (Å²) in [6, 6.07) is 21.5. The van der Waals surface area contributed by atoms with E-state index in [0.29, 0.717) is 11.6 Å². The Labute approximate surface area is 178 Å². The number of allylic oxidation sites excluding steroid dienone is 1. The molecule has 0 aliphatic rings. The number of carbonyl (C=O) groups excluding carboxylic acids is 1. The highest BCUT2D eigenvalue weighted by Gasteiger charge is 2.21. The molecule has 1 heterocycles. The Balaban J connectivity index is 2.17. The molecule has 0 unspecified atom stereocenters. The Bertz CT molecular complexity index is 1020. The summed E-state index contributed by atoms with van der Waals surface area (Å²) in [5, 5.41) is 3.36. The Morgan fingerprint density at radius 1 is 1.03 bits per heavy atom. The molecular weight excluding hydrogens is 374 g/mol. The van der Waals surface area contributed by atoms with Gasteiger partial charge < -0.3 is 10.1 Å². The van der Waals surface area contributed by atoms with E-state index in [9.17, 15) is 4.79 Å². The zero-order valence-corrected chi connectivity index (χ0v) is 17.8. The normalized spacial score (nSPS) is 11.3. The van der Waals surface area contributed by atoms with Gasteiger partial charge in [0.1, 0.15) is 23.7 Å². The van der Waals surface area contributed by atoms with Crippen LogP contribution in [0.1, 0.15) is 25.1 Å². The number of anilines is 3. The number of pyridine rings is 1. The summed E-state index contributed by atoms with van der Waals surface area (Å²) in [6.07, 6.45) is 2.32. The third-order valence-corrected chi connectivity index (χ3v) is 4.43. The molecule has 5 heteroatoms. The molecule has 1 aromatic heterocycles. The average molecular weight is 402 g/mol. The molecule has 2 aromatic carbocycles. The van der Waals surface area contributed by atoms with E-state index in [1.807, 2.05) is 99.3 Å². The van der Waals surface area contributed by atoms with Crippen LogP contribution in [0.25, 0.3) is 0 Å². The molecule has 154 valence electrons. The summed E-state index contributed by atoms with van der Waals surface area (Å²) in [6.45, 7) is 7.92. The first-order chi connectivity index (χ1) is 14.5. The number of hydrogen-bond acceptors (Lipinski definition) is 5. The van der Waals surface area contributed by atoms with Crippen LogP contribution in [0.4, 0.5) is 17.2 Å². The van der Waals surface area contributed by atoms with Gasteiger partial charge in [-0.2, -0.15) is 0 Å². The minimum absolute atomic E-state index is 0.0379. The van der Waals surface area contributed by atoms with E-state index in [2.05, 4.69) is 5.32 Å². The minimum atomic E-state index is 0.0379.